The molecular formula is C17H13FN2O2. The van der Waals surface area contributed by atoms with Gasteiger partial charge in [0.1, 0.15) is 12.4 Å². The minimum Gasteiger partial charge on any atom is -0.488 e. The van der Waals surface area contributed by atoms with Gasteiger partial charge in [0.05, 0.1) is 22.5 Å². The second-order valence-electron chi connectivity index (χ2n) is 5.44. The van der Waals surface area contributed by atoms with Crippen molar-refractivity contribution in [2.24, 2.45) is 0 Å². The van der Waals surface area contributed by atoms with Gasteiger partial charge in [-0.2, -0.15) is 0 Å². The molecule has 0 aliphatic carbocycles. The average Bonchev–Trinajstić information content (AvgIpc) is 2.53. The van der Waals surface area contributed by atoms with E-state index in [-0.39, 0.29) is 11.5 Å². The molecule has 3 aromatic rings. The molecule has 0 N–H and O–H groups in total. The maximum absolute atomic E-state index is 14.6. The summed E-state index contributed by atoms with van der Waals surface area (Å²) < 4.78 is 22.4. The molecule has 1 unspecified atom stereocenters. The van der Waals surface area contributed by atoms with Crippen LogP contribution in [-0.2, 0) is 0 Å². The molecule has 1 atom stereocenters. The summed E-state index contributed by atoms with van der Waals surface area (Å²) >= 11 is 0. The lowest BCUT2D eigenvalue weighted by molar-refractivity contribution is 0.247. The maximum Gasteiger partial charge on any atom is 0.189 e. The molecule has 0 saturated carbocycles. The van der Waals surface area contributed by atoms with Crippen LogP contribution < -0.4 is 10.2 Å². The van der Waals surface area contributed by atoms with E-state index in [1.54, 1.807) is 30.7 Å². The van der Waals surface area contributed by atoms with Crippen molar-refractivity contribution in [3.63, 3.8) is 0 Å². The predicted octanol–water partition coefficient (Wildman–Crippen LogP) is 3.16. The van der Waals surface area contributed by atoms with Crippen molar-refractivity contribution < 1.29 is 9.13 Å². The monoisotopic (exact) mass is 296 g/mol. The Labute approximate surface area is 125 Å². The summed E-state index contributed by atoms with van der Waals surface area (Å²) in [6.45, 7) is 2.44. The maximum atomic E-state index is 14.6. The normalized spacial score (nSPS) is 16.5. The second kappa shape index (κ2) is 4.66. The quantitative estimate of drug-likeness (QED) is 0.693. The predicted molar refractivity (Wildman–Crippen MR) is 81.6 cm³/mol. The summed E-state index contributed by atoms with van der Waals surface area (Å²) in [6.07, 6.45) is 4.96. The first-order valence-corrected chi connectivity index (χ1v) is 7.07. The number of rotatable bonds is 1. The SMILES string of the molecule is CC1COc2c(-c3ccncc3)c(F)cc3c(=O)ccn1c23. The van der Waals surface area contributed by atoms with Crippen LogP contribution in [-0.4, -0.2) is 16.2 Å². The fraction of sp³-hybridized carbons (Fsp3) is 0.176. The molecule has 4 nitrogen and oxygen atoms in total. The molecule has 1 aliphatic rings. The van der Waals surface area contributed by atoms with Gasteiger partial charge in [0.25, 0.3) is 0 Å². The van der Waals surface area contributed by atoms with Gasteiger partial charge < -0.3 is 9.30 Å². The van der Waals surface area contributed by atoms with Gasteiger partial charge >= 0.3 is 0 Å². The molecule has 22 heavy (non-hydrogen) atoms. The number of pyridine rings is 2. The van der Waals surface area contributed by atoms with Crippen molar-refractivity contribution in [1.82, 2.24) is 9.55 Å². The molecule has 0 fully saturated rings. The van der Waals surface area contributed by atoms with E-state index in [1.807, 2.05) is 11.5 Å². The molecule has 0 amide bonds. The van der Waals surface area contributed by atoms with E-state index in [1.165, 1.54) is 12.1 Å². The van der Waals surface area contributed by atoms with Crippen molar-refractivity contribution >= 4 is 10.9 Å². The highest BCUT2D eigenvalue weighted by atomic mass is 19.1. The Hall–Kier alpha value is -2.69. The van der Waals surface area contributed by atoms with Crippen molar-refractivity contribution in [3.05, 3.63) is 58.9 Å². The minimum absolute atomic E-state index is 0.0892. The van der Waals surface area contributed by atoms with Crippen LogP contribution in [0.2, 0.25) is 0 Å². The zero-order chi connectivity index (χ0) is 15.3. The summed E-state index contributed by atoms with van der Waals surface area (Å²) in [6, 6.07) is 6.32. The van der Waals surface area contributed by atoms with E-state index < -0.39 is 5.82 Å². The van der Waals surface area contributed by atoms with Gasteiger partial charge in [0, 0.05) is 24.7 Å². The van der Waals surface area contributed by atoms with E-state index in [4.69, 9.17) is 4.74 Å². The average molecular weight is 296 g/mol. The standard InChI is InChI=1S/C17H13FN2O2/c1-10-9-22-17-15(11-2-5-19-6-3-11)13(18)8-12-14(21)4-7-20(10)16(12)17/h2-8,10H,9H2,1H3. The van der Waals surface area contributed by atoms with E-state index in [9.17, 15) is 9.18 Å². The molecule has 2 aromatic heterocycles. The number of halogens is 1. The molecule has 1 aliphatic heterocycles. The van der Waals surface area contributed by atoms with Gasteiger partial charge in [0.2, 0.25) is 0 Å². The number of nitrogens with zero attached hydrogens (tertiary/aromatic N) is 2. The summed E-state index contributed by atoms with van der Waals surface area (Å²) in [5, 5.41) is 0.347. The second-order valence-corrected chi connectivity index (χ2v) is 5.44. The lowest BCUT2D eigenvalue weighted by Crippen LogP contribution is -2.23. The largest absolute Gasteiger partial charge is 0.488 e. The van der Waals surface area contributed by atoms with Gasteiger partial charge in [-0.25, -0.2) is 4.39 Å². The summed E-state index contributed by atoms with van der Waals surface area (Å²) in [7, 11) is 0. The van der Waals surface area contributed by atoms with Crippen LogP contribution in [0.3, 0.4) is 0 Å². The van der Waals surface area contributed by atoms with Crippen molar-refractivity contribution in [2.75, 3.05) is 6.61 Å². The van der Waals surface area contributed by atoms with Gasteiger partial charge in [-0.1, -0.05) is 0 Å². The van der Waals surface area contributed by atoms with E-state index >= 15 is 0 Å². The Morgan fingerprint density at radius 3 is 2.86 bits per heavy atom. The van der Waals surface area contributed by atoms with Gasteiger partial charge in [-0.15, -0.1) is 0 Å². The number of ether oxygens (including phenoxy) is 1. The number of hydrogen-bond acceptors (Lipinski definition) is 3. The van der Waals surface area contributed by atoms with Gasteiger partial charge in [-0.05, 0) is 30.7 Å². The smallest absolute Gasteiger partial charge is 0.189 e. The first-order valence-electron chi connectivity index (χ1n) is 7.07. The third-order valence-electron chi connectivity index (χ3n) is 4.03. The van der Waals surface area contributed by atoms with Gasteiger partial charge in [0.15, 0.2) is 11.2 Å². The minimum atomic E-state index is -0.460. The molecule has 0 saturated heterocycles. The molecule has 0 bridgehead atoms. The molecule has 3 heterocycles. The van der Waals surface area contributed by atoms with E-state index in [2.05, 4.69) is 4.98 Å². The van der Waals surface area contributed by atoms with E-state index in [0.717, 1.165) is 0 Å². The zero-order valence-corrected chi connectivity index (χ0v) is 11.9. The number of hydrogen-bond donors (Lipinski definition) is 0. The van der Waals surface area contributed by atoms with Crippen LogP contribution in [0, 0.1) is 5.82 Å². The Morgan fingerprint density at radius 1 is 1.32 bits per heavy atom. The molecular weight excluding hydrogens is 283 g/mol. The van der Waals surface area contributed by atoms with Crippen LogP contribution >= 0.6 is 0 Å². The summed E-state index contributed by atoms with van der Waals surface area (Å²) in [5.41, 5.74) is 1.51. The third kappa shape index (κ3) is 1.75. The molecule has 5 heteroatoms. The van der Waals surface area contributed by atoms with Gasteiger partial charge in [-0.3, -0.25) is 9.78 Å². The van der Waals surface area contributed by atoms with Crippen LogP contribution in [0.5, 0.6) is 5.75 Å². The molecule has 110 valence electrons. The highest BCUT2D eigenvalue weighted by Gasteiger charge is 2.25. The number of aromatic nitrogens is 2. The highest BCUT2D eigenvalue weighted by molar-refractivity contribution is 5.93. The topological polar surface area (TPSA) is 44.1 Å². The van der Waals surface area contributed by atoms with Crippen LogP contribution in [0.4, 0.5) is 4.39 Å². The number of benzene rings is 1. The lowest BCUT2D eigenvalue weighted by atomic mass is 10.0. The third-order valence-corrected chi connectivity index (χ3v) is 4.03. The van der Waals surface area contributed by atoms with Crippen molar-refractivity contribution in [3.8, 4) is 16.9 Å². The summed E-state index contributed by atoms with van der Waals surface area (Å²) in [5.74, 6) is -0.0323. The van der Waals surface area contributed by atoms with Crippen molar-refractivity contribution in [1.29, 1.82) is 0 Å². The van der Waals surface area contributed by atoms with E-state index in [0.29, 0.717) is 34.4 Å². The Kier molecular flexibility index (Phi) is 2.76. The van der Waals surface area contributed by atoms with Crippen LogP contribution in [0.15, 0.2) is 47.7 Å². The lowest BCUT2D eigenvalue weighted by Gasteiger charge is -2.28. The Balaban J connectivity index is 2.17. The fourth-order valence-corrected chi connectivity index (χ4v) is 2.95. The Bertz CT molecular complexity index is 935. The molecule has 0 radical (unpaired) electrons. The zero-order valence-electron chi connectivity index (χ0n) is 11.9. The molecule has 4 rings (SSSR count). The molecule has 1 aromatic carbocycles. The fourth-order valence-electron chi connectivity index (χ4n) is 2.95. The first kappa shape index (κ1) is 13.0. The molecule has 0 spiro atoms. The first-order chi connectivity index (χ1) is 10.7. The Morgan fingerprint density at radius 2 is 2.09 bits per heavy atom. The van der Waals surface area contributed by atoms with Crippen LogP contribution in [0.1, 0.15) is 13.0 Å². The van der Waals surface area contributed by atoms with Crippen LogP contribution in [0.25, 0.3) is 22.0 Å². The highest BCUT2D eigenvalue weighted by Crippen LogP contribution is 2.41. The summed E-state index contributed by atoms with van der Waals surface area (Å²) in [4.78, 5) is 16.0. The van der Waals surface area contributed by atoms with Crippen molar-refractivity contribution in [2.45, 2.75) is 13.0 Å².